The van der Waals surface area contributed by atoms with Gasteiger partial charge in [-0.05, 0) is 49.6 Å². The van der Waals surface area contributed by atoms with Crippen LogP contribution in [0.15, 0.2) is 42.5 Å². The van der Waals surface area contributed by atoms with Gasteiger partial charge in [-0.1, -0.05) is 88.0 Å². The van der Waals surface area contributed by atoms with Gasteiger partial charge in [0.15, 0.2) is 5.69 Å². The third kappa shape index (κ3) is 8.79. The van der Waals surface area contributed by atoms with E-state index in [4.69, 9.17) is 39.9 Å². The highest BCUT2D eigenvalue weighted by Crippen LogP contribution is 2.34. The summed E-state index contributed by atoms with van der Waals surface area (Å²) in [4.78, 5) is 13.4. The number of benzene rings is 2. The van der Waals surface area contributed by atoms with Crippen LogP contribution in [0.4, 0.5) is 0 Å². The van der Waals surface area contributed by atoms with Crippen molar-refractivity contribution in [2.75, 3.05) is 13.1 Å². The van der Waals surface area contributed by atoms with E-state index in [2.05, 4.69) is 32.1 Å². The summed E-state index contributed by atoms with van der Waals surface area (Å²) in [7, 11) is 0. The molecule has 0 aliphatic heterocycles. The summed E-state index contributed by atoms with van der Waals surface area (Å²) in [5, 5.41) is 8.34. The molecule has 200 valence electrons. The second kappa shape index (κ2) is 17.1. The van der Waals surface area contributed by atoms with Gasteiger partial charge in [-0.2, -0.15) is 5.10 Å². The number of hydrogen-bond donors (Lipinski definition) is 1. The zero-order chi connectivity index (χ0) is 28.0. The molecule has 0 atom stereocenters. The van der Waals surface area contributed by atoms with Gasteiger partial charge in [-0.3, -0.25) is 10.2 Å². The van der Waals surface area contributed by atoms with Crippen LogP contribution in [0.5, 0.6) is 0 Å². The van der Waals surface area contributed by atoms with E-state index in [9.17, 15) is 4.79 Å². The number of rotatable bonds is 10. The van der Waals surface area contributed by atoms with Crippen molar-refractivity contribution in [1.29, 1.82) is 0 Å². The molecular weight excluding hydrogens is 527 g/mol. The lowest BCUT2D eigenvalue weighted by Crippen LogP contribution is -2.43. The van der Waals surface area contributed by atoms with Crippen molar-refractivity contribution < 1.29 is 4.79 Å². The van der Waals surface area contributed by atoms with E-state index in [-0.39, 0.29) is 5.91 Å². The maximum Gasteiger partial charge on any atom is 0.286 e. The Hall–Kier alpha value is -2.49. The lowest BCUT2D eigenvalue weighted by molar-refractivity contribution is 0.0778. The highest BCUT2D eigenvalue weighted by molar-refractivity contribution is 6.35. The number of amides is 1. The maximum absolute atomic E-state index is 13.4. The van der Waals surface area contributed by atoms with Crippen LogP contribution in [0.25, 0.3) is 16.9 Å². The van der Waals surface area contributed by atoms with Gasteiger partial charge in [-0.15, -0.1) is 12.8 Å². The van der Waals surface area contributed by atoms with E-state index >= 15 is 0 Å². The van der Waals surface area contributed by atoms with Crippen LogP contribution in [0.1, 0.15) is 69.9 Å². The van der Waals surface area contributed by atoms with E-state index in [0.717, 1.165) is 49.2 Å². The van der Waals surface area contributed by atoms with Gasteiger partial charge in [0.2, 0.25) is 0 Å². The summed E-state index contributed by atoms with van der Waals surface area (Å²) in [5.41, 5.74) is 6.63. The molecule has 0 fully saturated rings. The molecule has 1 N–H and O–H groups in total. The van der Waals surface area contributed by atoms with E-state index < -0.39 is 0 Å². The summed E-state index contributed by atoms with van der Waals surface area (Å²) in [6.07, 6.45) is 11.6. The molecule has 0 radical (unpaired) electrons. The fourth-order valence-electron chi connectivity index (χ4n) is 3.74. The molecule has 0 bridgehead atoms. The molecule has 3 rings (SSSR count). The first kappa shape index (κ1) is 32.5. The third-order valence-corrected chi connectivity index (χ3v) is 6.13. The van der Waals surface area contributed by atoms with E-state index in [1.807, 2.05) is 56.1 Å². The number of aromatic nitrogens is 2. The Morgan fingerprint density at radius 1 is 0.946 bits per heavy atom. The number of carbonyl (C=O) groups is 1. The van der Waals surface area contributed by atoms with Crippen molar-refractivity contribution >= 4 is 40.7 Å². The molecule has 3 aromatic rings. The van der Waals surface area contributed by atoms with Gasteiger partial charge in [0.1, 0.15) is 0 Å². The summed E-state index contributed by atoms with van der Waals surface area (Å²) < 4.78 is 1.73. The van der Waals surface area contributed by atoms with Crippen LogP contribution in [0, 0.1) is 12.8 Å². The fourth-order valence-corrected chi connectivity index (χ4v) is 4.35. The minimum absolute atomic E-state index is 0.226. The topological polar surface area (TPSA) is 50.2 Å². The van der Waals surface area contributed by atoms with Crippen molar-refractivity contribution in [3.8, 4) is 29.8 Å². The van der Waals surface area contributed by atoms with Gasteiger partial charge in [0, 0.05) is 34.3 Å². The number of unbranched alkanes of at least 4 members (excludes halogenated alkanes) is 1. The predicted octanol–water partition coefficient (Wildman–Crippen LogP) is 8.49. The Balaban J connectivity index is 0.00000163. The zero-order valence-corrected chi connectivity index (χ0v) is 24.6. The number of nitrogens with one attached hydrogen (secondary N) is 1. The number of hydrogen-bond acceptors (Lipinski definition) is 3. The normalized spacial score (nSPS) is 10.2. The lowest BCUT2D eigenvalue weighted by Gasteiger charge is -2.22. The largest absolute Gasteiger partial charge is 0.286 e. The molecular formula is C29H37Cl3N4O. The van der Waals surface area contributed by atoms with E-state index in [0.29, 0.717) is 32.9 Å². The first-order chi connectivity index (χ1) is 17.9. The average molecular weight is 564 g/mol. The Morgan fingerprint density at radius 3 is 2.11 bits per heavy atom. The van der Waals surface area contributed by atoms with Crippen LogP contribution in [-0.2, 0) is 6.42 Å². The highest BCUT2D eigenvalue weighted by Gasteiger charge is 2.25. The van der Waals surface area contributed by atoms with E-state index in [1.165, 1.54) is 0 Å². The molecule has 0 aliphatic carbocycles. The summed E-state index contributed by atoms with van der Waals surface area (Å²) >= 11 is 18.8. The number of halogens is 3. The van der Waals surface area contributed by atoms with Gasteiger partial charge in [0.05, 0.1) is 16.4 Å². The Labute approximate surface area is 237 Å². The van der Waals surface area contributed by atoms with Crippen LogP contribution in [-0.4, -0.2) is 33.8 Å². The third-order valence-electron chi connectivity index (χ3n) is 5.34. The zero-order valence-electron chi connectivity index (χ0n) is 22.3. The molecule has 1 aromatic heterocycles. The molecule has 0 saturated carbocycles. The molecule has 8 heteroatoms. The molecule has 2 aromatic carbocycles. The number of carbonyl (C=O) groups excluding carboxylic acids is 1. The molecule has 0 aliphatic rings. The Bertz CT molecular complexity index is 1140. The number of terminal acetylenes is 1. The molecule has 1 heterocycles. The second-order valence-corrected chi connectivity index (χ2v) is 9.11. The number of nitrogens with zero attached hydrogens (tertiary/aromatic N) is 3. The summed E-state index contributed by atoms with van der Waals surface area (Å²) in [6, 6.07) is 12.7. The highest BCUT2D eigenvalue weighted by atomic mass is 35.5. The van der Waals surface area contributed by atoms with Crippen molar-refractivity contribution in [1.82, 2.24) is 20.2 Å². The van der Waals surface area contributed by atoms with E-state index in [1.54, 1.807) is 16.8 Å². The molecule has 37 heavy (non-hydrogen) atoms. The van der Waals surface area contributed by atoms with Gasteiger partial charge < -0.3 is 0 Å². The Kier molecular flexibility index (Phi) is 15.0. The summed E-state index contributed by atoms with van der Waals surface area (Å²) in [6.45, 7) is 11.8. The van der Waals surface area contributed by atoms with Crippen molar-refractivity contribution in [3.63, 3.8) is 0 Å². The fraction of sp³-hybridized carbons (Fsp3) is 0.379. The number of hydrazine groups is 1. The minimum atomic E-state index is -0.226. The SMILES string of the molecule is C#C.CC.CCCCN(CCC)NC(=O)c1nn(-c2ccc(Cl)cc2Cl)c(-c2ccc(Cl)cc2)c1CC. The molecule has 0 spiro atoms. The monoisotopic (exact) mass is 562 g/mol. The van der Waals surface area contributed by atoms with Crippen LogP contribution < -0.4 is 5.43 Å². The second-order valence-electron chi connectivity index (χ2n) is 7.83. The molecule has 0 saturated heterocycles. The van der Waals surface area contributed by atoms with Crippen molar-refractivity contribution in [2.24, 2.45) is 0 Å². The van der Waals surface area contributed by atoms with Crippen LogP contribution in [0.3, 0.4) is 0 Å². The standard InChI is InChI=1S/C25H29Cl3N4O.C2H6.C2H2/c1-4-7-15-31(14-5-2)30-25(33)23-20(6-3)24(17-8-10-18(26)11-9-17)32(29-23)22-13-12-19(27)16-21(22)28;2*1-2/h8-13,16H,4-7,14-15H2,1-3H3,(H,30,33);1-2H3;1-2H. The lowest BCUT2D eigenvalue weighted by atomic mass is 10.0. The first-order valence-electron chi connectivity index (χ1n) is 12.6. The Morgan fingerprint density at radius 2 is 1.57 bits per heavy atom. The van der Waals surface area contributed by atoms with Gasteiger partial charge in [-0.25, -0.2) is 9.69 Å². The molecule has 1 amide bonds. The first-order valence-corrected chi connectivity index (χ1v) is 13.7. The van der Waals surface area contributed by atoms with Crippen LogP contribution >= 0.6 is 34.8 Å². The molecule has 5 nitrogen and oxygen atoms in total. The molecule has 0 unspecified atom stereocenters. The predicted molar refractivity (Wildman–Crippen MR) is 159 cm³/mol. The van der Waals surface area contributed by atoms with Gasteiger partial charge >= 0.3 is 0 Å². The summed E-state index contributed by atoms with van der Waals surface area (Å²) in [5.74, 6) is -0.226. The maximum atomic E-state index is 13.4. The minimum Gasteiger partial charge on any atom is -0.283 e. The van der Waals surface area contributed by atoms with Crippen molar-refractivity contribution in [2.45, 2.75) is 60.3 Å². The average Bonchev–Trinajstić information content (AvgIpc) is 3.29. The van der Waals surface area contributed by atoms with Crippen molar-refractivity contribution in [3.05, 3.63) is 68.8 Å². The quantitative estimate of drug-likeness (QED) is 0.199. The van der Waals surface area contributed by atoms with Gasteiger partial charge in [0.25, 0.3) is 5.91 Å². The van der Waals surface area contributed by atoms with Crippen LogP contribution in [0.2, 0.25) is 15.1 Å². The smallest absolute Gasteiger partial charge is 0.283 e.